The van der Waals surface area contributed by atoms with E-state index in [4.69, 9.17) is 5.11 Å². The molecule has 1 aliphatic rings. The maximum Gasteiger partial charge on any atom is 0.282 e. The predicted molar refractivity (Wildman–Crippen MR) is 63.2 cm³/mol. The lowest BCUT2D eigenvalue weighted by atomic mass is 10.1. The molecular weight excluding hydrogens is 228 g/mol. The second-order valence-electron chi connectivity index (χ2n) is 4.06. The number of hydrogen-bond donors (Lipinski definition) is 1. The lowest BCUT2D eigenvalue weighted by Gasteiger charge is -2.29. The number of nitrogens with zero attached hydrogens (tertiary/aromatic N) is 2. The second kappa shape index (κ2) is 5.77. The van der Waals surface area contributed by atoms with Crippen molar-refractivity contribution in [3.63, 3.8) is 0 Å². The van der Waals surface area contributed by atoms with Gasteiger partial charge in [0, 0.05) is 33.3 Å². The average molecular weight is 248 g/mol. The molecular formula is C10H20N2O3S. The Hall–Kier alpha value is -0.430. The maximum absolute atomic E-state index is 12.0. The van der Waals surface area contributed by atoms with E-state index in [1.165, 1.54) is 14.2 Å². The Labute approximate surface area is 97.5 Å². The number of aliphatic hydroxyl groups excluding tert-OH is 1. The minimum Gasteiger partial charge on any atom is -0.396 e. The number of rotatable bonds is 5. The van der Waals surface area contributed by atoms with Crippen LogP contribution in [0.2, 0.25) is 0 Å². The van der Waals surface area contributed by atoms with Crippen molar-refractivity contribution in [2.24, 2.45) is 0 Å². The standard InChI is InChI=1S/C10H20N2O3S/c1-10-4-7-12(8-5-10)16(14,15)11(2)6-3-9-13/h4,13H,3,5-9H2,1-2H3. The van der Waals surface area contributed by atoms with Crippen molar-refractivity contribution in [2.75, 3.05) is 33.3 Å². The lowest BCUT2D eigenvalue weighted by Crippen LogP contribution is -2.44. The molecule has 0 aliphatic carbocycles. The van der Waals surface area contributed by atoms with Crippen LogP contribution in [0.5, 0.6) is 0 Å². The third-order valence-electron chi connectivity index (χ3n) is 2.75. The lowest BCUT2D eigenvalue weighted by molar-refractivity contribution is 0.271. The van der Waals surface area contributed by atoms with Gasteiger partial charge in [0.05, 0.1) is 0 Å². The van der Waals surface area contributed by atoms with Crippen LogP contribution in [0.4, 0.5) is 0 Å². The van der Waals surface area contributed by atoms with Crippen molar-refractivity contribution in [2.45, 2.75) is 19.8 Å². The summed E-state index contributed by atoms with van der Waals surface area (Å²) < 4.78 is 26.9. The zero-order chi connectivity index (χ0) is 12.2. The summed E-state index contributed by atoms with van der Waals surface area (Å²) in [6, 6.07) is 0. The summed E-state index contributed by atoms with van der Waals surface area (Å²) in [6.45, 7) is 3.39. The van der Waals surface area contributed by atoms with E-state index in [0.29, 0.717) is 26.1 Å². The van der Waals surface area contributed by atoms with Crippen molar-refractivity contribution in [1.29, 1.82) is 0 Å². The second-order valence-corrected chi connectivity index (χ2v) is 6.10. The van der Waals surface area contributed by atoms with Crippen LogP contribution in [-0.4, -0.2) is 55.4 Å². The fraction of sp³-hybridized carbons (Fsp3) is 0.800. The molecule has 1 heterocycles. The molecule has 5 nitrogen and oxygen atoms in total. The van der Waals surface area contributed by atoms with Crippen molar-refractivity contribution in [3.05, 3.63) is 11.6 Å². The van der Waals surface area contributed by atoms with Crippen LogP contribution in [0.15, 0.2) is 11.6 Å². The zero-order valence-corrected chi connectivity index (χ0v) is 10.7. The Bertz CT molecular complexity index is 351. The summed E-state index contributed by atoms with van der Waals surface area (Å²) in [5.74, 6) is 0. The van der Waals surface area contributed by atoms with Crippen molar-refractivity contribution in [3.8, 4) is 0 Å². The van der Waals surface area contributed by atoms with E-state index in [1.807, 2.05) is 13.0 Å². The Morgan fingerprint density at radius 3 is 2.75 bits per heavy atom. The highest BCUT2D eigenvalue weighted by molar-refractivity contribution is 7.86. The summed E-state index contributed by atoms with van der Waals surface area (Å²) in [5, 5.41) is 8.68. The third-order valence-corrected chi connectivity index (χ3v) is 4.70. The van der Waals surface area contributed by atoms with E-state index < -0.39 is 10.2 Å². The van der Waals surface area contributed by atoms with Gasteiger partial charge in [-0.05, 0) is 19.8 Å². The molecule has 16 heavy (non-hydrogen) atoms. The highest BCUT2D eigenvalue weighted by Crippen LogP contribution is 2.15. The predicted octanol–water partition coefficient (Wildman–Crippen LogP) is 0.197. The zero-order valence-electron chi connectivity index (χ0n) is 9.89. The van der Waals surface area contributed by atoms with Crippen LogP contribution in [0.3, 0.4) is 0 Å². The maximum atomic E-state index is 12.0. The van der Waals surface area contributed by atoms with E-state index in [-0.39, 0.29) is 6.61 Å². The van der Waals surface area contributed by atoms with E-state index in [1.54, 1.807) is 7.05 Å². The quantitative estimate of drug-likeness (QED) is 0.707. The molecule has 6 heteroatoms. The summed E-state index contributed by atoms with van der Waals surface area (Å²) in [6.07, 6.45) is 3.21. The molecule has 0 amide bonds. The number of hydrogen-bond acceptors (Lipinski definition) is 3. The van der Waals surface area contributed by atoms with Gasteiger partial charge >= 0.3 is 0 Å². The molecule has 1 aliphatic heterocycles. The van der Waals surface area contributed by atoms with E-state index in [2.05, 4.69) is 0 Å². The molecule has 0 radical (unpaired) electrons. The molecule has 1 N–H and O–H groups in total. The van der Waals surface area contributed by atoms with E-state index in [0.717, 1.165) is 6.42 Å². The van der Waals surface area contributed by atoms with Crippen molar-refractivity contribution in [1.82, 2.24) is 8.61 Å². The van der Waals surface area contributed by atoms with Crippen LogP contribution < -0.4 is 0 Å². The Morgan fingerprint density at radius 1 is 1.56 bits per heavy atom. The van der Waals surface area contributed by atoms with Gasteiger partial charge < -0.3 is 5.11 Å². The molecule has 0 unspecified atom stereocenters. The van der Waals surface area contributed by atoms with Gasteiger partial charge in [0.25, 0.3) is 10.2 Å². The van der Waals surface area contributed by atoms with Crippen LogP contribution in [0.25, 0.3) is 0 Å². The normalized spacial score (nSPS) is 18.9. The topological polar surface area (TPSA) is 60.9 Å². The Balaban J connectivity index is 2.63. The van der Waals surface area contributed by atoms with Crippen LogP contribution in [0.1, 0.15) is 19.8 Å². The first-order valence-electron chi connectivity index (χ1n) is 5.46. The van der Waals surface area contributed by atoms with Gasteiger partial charge in [0.1, 0.15) is 0 Å². The Morgan fingerprint density at radius 2 is 2.25 bits per heavy atom. The van der Waals surface area contributed by atoms with Gasteiger partial charge in [0.2, 0.25) is 0 Å². The molecule has 0 saturated heterocycles. The number of aliphatic hydroxyl groups is 1. The summed E-state index contributed by atoms with van der Waals surface area (Å²) in [7, 11) is -1.79. The molecule has 94 valence electrons. The van der Waals surface area contributed by atoms with E-state index >= 15 is 0 Å². The van der Waals surface area contributed by atoms with Crippen LogP contribution in [0, 0.1) is 0 Å². The highest BCUT2D eigenvalue weighted by Gasteiger charge is 2.27. The molecule has 0 atom stereocenters. The first-order chi connectivity index (χ1) is 7.48. The van der Waals surface area contributed by atoms with Crippen LogP contribution in [-0.2, 0) is 10.2 Å². The smallest absolute Gasteiger partial charge is 0.282 e. The average Bonchev–Trinajstić information content (AvgIpc) is 2.26. The Kier molecular flexibility index (Phi) is 4.91. The molecule has 0 saturated carbocycles. The minimum absolute atomic E-state index is 0.0128. The van der Waals surface area contributed by atoms with Crippen molar-refractivity contribution >= 4 is 10.2 Å². The molecule has 0 aromatic heterocycles. The fourth-order valence-corrected chi connectivity index (χ4v) is 2.91. The largest absolute Gasteiger partial charge is 0.396 e. The van der Waals surface area contributed by atoms with Crippen LogP contribution >= 0.6 is 0 Å². The molecule has 1 rings (SSSR count). The van der Waals surface area contributed by atoms with Crippen molar-refractivity contribution < 1.29 is 13.5 Å². The molecule has 0 aromatic carbocycles. The van der Waals surface area contributed by atoms with Gasteiger partial charge in [-0.3, -0.25) is 0 Å². The highest BCUT2D eigenvalue weighted by atomic mass is 32.2. The first-order valence-corrected chi connectivity index (χ1v) is 6.86. The van der Waals surface area contributed by atoms with Gasteiger partial charge in [-0.1, -0.05) is 11.6 Å². The molecule has 0 aromatic rings. The van der Waals surface area contributed by atoms with Gasteiger partial charge in [-0.25, -0.2) is 0 Å². The summed E-state index contributed by atoms with van der Waals surface area (Å²) >= 11 is 0. The molecule has 0 bridgehead atoms. The molecule has 0 fully saturated rings. The third kappa shape index (κ3) is 3.28. The fourth-order valence-electron chi connectivity index (χ4n) is 1.57. The SMILES string of the molecule is CC1=CCN(S(=O)(=O)N(C)CCCO)CC1. The van der Waals surface area contributed by atoms with E-state index in [9.17, 15) is 8.42 Å². The van der Waals surface area contributed by atoms with Gasteiger partial charge in [0.15, 0.2) is 0 Å². The first kappa shape index (κ1) is 13.6. The summed E-state index contributed by atoms with van der Waals surface area (Å²) in [4.78, 5) is 0. The minimum atomic E-state index is -3.35. The molecule has 0 spiro atoms. The monoisotopic (exact) mass is 248 g/mol. The van der Waals surface area contributed by atoms with Gasteiger partial charge in [-0.2, -0.15) is 17.0 Å². The summed E-state index contributed by atoms with van der Waals surface area (Å²) in [5.41, 5.74) is 1.24. The van der Waals surface area contributed by atoms with Gasteiger partial charge in [-0.15, -0.1) is 0 Å².